The highest BCUT2D eigenvalue weighted by Gasteiger charge is 2.42. The molecule has 8 nitrogen and oxygen atoms in total. The number of carboxylic acid groups (broad SMARTS) is 1. The number of pyridine rings is 1. The van der Waals surface area contributed by atoms with Gasteiger partial charge in [0.25, 0.3) is 0 Å². The van der Waals surface area contributed by atoms with E-state index in [1.165, 1.54) is 6.20 Å². The smallest absolute Gasteiger partial charge is 0.339 e. The largest absolute Gasteiger partial charge is 0.478 e. The van der Waals surface area contributed by atoms with Crippen molar-refractivity contribution in [1.82, 2.24) is 14.8 Å². The minimum atomic E-state index is -0.965. The lowest BCUT2D eigenvalue weighted by atomic mass is 10.0. The molecule has 1 N–H and O–H groups in total. The topological polar surface area (TPSA) is 93.1 Å². The van der Waals surface area contributed by atoms with Crippen molar-refractivity contribution in [3.05, 3.63) is 69.7 Å². The number of nitrogens with zero attached hydrogens (tertiary/aromatic N) is 4. The van der Waals surface area contributed by atoms with E-state index in [0.717, 1.165) is 55.8 Å². The molecule has 4 heterocycles. The number of hydrogen-bond donors (Lipinski definition) is 1. The number of carbonyl (C=O) groups is 1. The monoisotopic (exact) mass is 552 g/mol. The van der Waals surface area contributed by atoms with E-state index in [9.17, 15) is 9.90 Å². The molecule has 3 aliphatic rings. The number of halogens is 2. The quantitative estimate of drug-likeness (QED) is 0.287. The van der Waals surface area contributed by atoms with E-state index in [1.54, 1.807) is 4.52 Å². The van der Waals surface area contributed by atoms with Gasteiger partial charge >= 0.3 is 5.97 Å². The van der Waals surface area contributed by atoms with E-state index in [0.29, 0.717) is 51.2 Å². The van der Waals surface area contributed by atoms with E-state index >= 15 is 0 Å². The Morgan fingerprint density at radius 1 is 1.13 bits per heavy atom. The minimum absolute atomic E-state index is 0.166. The maximum Gasteiger partial charge on any atom is 0.339 e. The van der Waals surface area contributed by atoms with Gasteiger partial charge in [-0.3, -0.25) is 0 Å². The second-order valence-electron chi connectivity index (χ2n) is 10.7. The van der Waals surface area contributed by atoms with Crippen LogP contribution in [0.15, 0.2) is 47.2 Å². The lowest BCUT2D eigenvalue weighted by molar-refractivity contribution is 0.0403. The van der Waals surface area contributed by atoms with Crippen LogP contribution in [0.4, 0.5) is 5.69 Å². The number of ether oxygens (including phenoxy) is 1. The summed E-state index contributed by atoms with van der Waals surface area (Å²) in [7, 11) is 0. The highest BCUT2D eigenvalue weighted by molar-refractivity contribution is 6.39. The van der Waals surface area contributed by atoms with Gasteiger partial charge in [-0.1, -0.05) is 34.4 Å². The lowest BCUT2D eigenvalue weighted by Crippen LogP contribution is -2.23. The number of carboxylic acids is 1. The van der Waals surface area contributed by atoms with Crippen molar-refractivity contribution < 1.29 is 19.2 Å². The summed E-state index contributed by atoms with van der Waals surface area (Å²) in [6, 6.07) is 9.39. The van der Waals surface area contributed by atoms with Gasteiger partial charge in [-0.2, -0.15) is 5.10 Å². The molecule has 2 aliphatic carbocycles. The Labute approximate surface area is 229 Å². The molecule has 0 amide bonds. The summed E-state index contributed by atoms with van der Waals surface area (Å²) in [5.41, 5.74) is 4.21. The molecule has 0 spiro atoms. The first kappa shape index (κ1) is 24.0. The molecule has 0 radical (unpaired) electrons. The molecule has 4 aromatic rings. The van der Waals surface area contributed by atoms with Crippen LogP contribution in [0.5, 0.6) is 0 Å². The van der Waals surface area contributed by atoms with Crippen LogP contribution < -0.4 is 4.90 Å². The molecule has 0 bridgehead atoms. The summed E-state index contributed by atoms with van der Waals surface area (Å²) >= 11 is 13.0. The van der Waals surface area contributed by atoms with Crippen LogP contribution in [-0.2, 0) is 11.3 Å². The molecule has 196 valence electrons. The van der Waals surface area contributed by atoms with Crippen LogP contribution in [0.2, 0.25) is 10.0 Å². The third-order valence-electron chi connectivity index (χ3n) is 8.24. The molecule has 3 aromatic heterocycles. The van der Waals surface area contributed by atoms with Crippen molar-refractivity contribution in [2.75, 3.05) is 18.0 Å². The van der Waals surface area contributed by atoms with Crippen LogP contribution in [-0.4, -0.2) is 45.0 Å². The van der Waals surface area contributed by atoms with E-state index in [4.69, 9.17) is 32.5 Å². The Balaban J connectivity index is 1.04. The molecule has 2 saturated carbocycles. The number of aromatic carboxylic acids is 1. The second-order valence-corrected chi connectivity index (χ2v) is 11.5. The van der Waals surface area contributed by atoms with E-state index in [-0.39, 0.29) is 11.7 Å². The zero-order valence-electron chi connectivity index (χ0n) is 20.5. The molecular weight excluding hydrogens is 527 g/mol. The van der Waals surface area contributed by atoms with Crippen molar-refractivity contribution >= 4 is 40.4 Å². The summed E-state index contributed by atoms with van der Waals surface area (Å²) in [6.07, 6.45) is 7.57. The third-order valence-corrected chi connectivity index (χ3v) is 8.87. The third kappa shape index (κ3) is 4.15. The molecule has 1 saturated heterocycles. The number of fused-ring (bicyclic) bond motifs is 2. The van der Waals surface area contributed by atoms with Crippen LogP contribution in [0, 0.1) is 11.8 Å². The van der Waals surface area contributed by atoms with E-state index in [1.807, 2.05) is 36.5 Å². The highest BCUT2D eigenvalue weighted by atomic mass is 35.5. The standard InChI is InChI=1S/C28H26Cl2N4O4/c29-22-2-1-3-23(30)25(22)26-21(27(38-32-26)15-4-5-15)14-37-19-8-16-12-33(13-17(16)9-19)18-6-7-34-24(10-18)20(11-31-34)28(35)36/h1-3,6-7,10-11,15-17,19H,4-5,8-9,12-14H2,(H,35,36)/t16-,17?,19+/m0/s1. The van der Waals surface area contributed by atoms with Crippen molar-refractivity contribution in [3.8, 4) is 11.3 Å². The Morgan fingerprint density at radius 2 is 1.87 bits per heavy atom. The van der Waals surface area contributed by atoms with E-state index in [2.05, 4.69) is 15.2 Å². The Bertz CT molecular complexity index is 1510. The first-order valence-corrected chi connectivity index (χ1v) is 13.7. The van der Waals surface area contributed by atoms with Crippen molar-refractivity contribution in [3.63, 3.8) is 0 Å². The highest BCUT2D eigenvalue weighted by Crippen LogP contribution is 2.47. The van der Waals surface area contributed by atoms with Crippen LogP contribution in [0.25, 0.3) is 16.8 Å². The zero-order chi connectivity index (χ0) is 26.0. The molecule has 7 rings (SSSR count). The van der Waals surface area contributed by atoms with Crippen LogP contribution in [0.3, 0.4) is 0 Å². The molecular formula is C28H26Cl2N4O4. The Kier molecular flexibility index (Phi) is 5.87. The fourth-order valence-corrected chi connectivity index (χ4v) is 6.75. The van der Waals surface area contributed by atoms with Gasteiger partial charge in [0.05, 0.1) is 34.5 Å². The van der Waals surface area contributed by atoms with Crippen molar-refractivity contribution in [2.24, 2.45) is 11.8 Å². The molecule has 3 atom stereocenters. The molecule has 1 unspecified atom stereocenters. The van der Waals surface area contributed by atoms with Crippen molar-refractivity contribution in [2.45, 2.75) is 44.3 Å². The predicted octanol–water partition coefficient (Wildman–Crippen LogP) is 6.30. The van der Waals surface area contributed by atoms with Gasteiger partial charge in [-0.05, 0) is 61.8 Å². The molecule has 1 aliphatic heterocycles. The van der Waals surface area contributed by atoms with Gasteiger partial charge in [0.2, 0.25) is 0 Å². The summed E-state index contributed by atoms with van der Waals surface area (Å²) in [6.45, 7) is 2.28. The molecule has 1 aromatic carbocycles. The lowest BCUT2D eigenvalue weighted by Gasteiger charge is -2.22. The van der Waals surface area contributed by atoms with E-state index < -0.39 is 5.97 Å². The van der Waals surface area contributed by atoms with Gasteiger partial charge < -0.3 is 19.3 Å². The van der Waals surface area contributed by atoms with Gasteiger partial charge in [0.15, 0.2) is 0 Å². The first-order valence-electron chi connectivity index (χ1n) is 13.0. The number of anilines is 1. The molecule has 3 fully saturated rings. The minimum Gasteiger partial charge on any atom is -0.478 e. The van der Waals surface area contributed by atoms with Crippen LogP contribution in [0.1, 0.15) is 53.3 Å². The van der Waals surface area contributed by atoms with Gasteiger partial charge in [0, 0.05) is 42.0 Å². The fraction of sp³-hybridized carbons (Fsp3) is 0.393. The maximum absolute atomic E-state index is 11.5. The number of aromatic nitrogens is 3. The second kappa shape index (κ2) is 9.29. The summed E-state index contributed by atoms with van der Waals surface area (Å²) < 4.78 is 13.9. The number of benzene rings is 1. The summed E-state index contributed by atoms with van der Waals surface area (Å²) in [5, 5.41) is 19.1. The van der Waals surface area contributed by atoms with Crippen molar-refractivity contribution in [1.29, 1.82) is 0 Å². The number of rotatable bonds is 7. The molecule has 10 heteroatoms. The van der Waals surface area contributed by atoms with Gasteiger partial charge in [-0.25, -0.2) is 9.31 Å². The van der Waals surface area contributed by atoms with Gasteiger partial charge in [-0.15, -0.1) is 0 Å². The first-order chi connectivity index (χ1) is 18.5. The average Bonchev–Trinajstić information content (AvgIpc) is 3.20. The predicted molar refractivity (Wildman–Crippen MR) is 143 cm³/mol. The SMILES string of the molecule is O=C(O)c1cnn2ccc(N3CC4C[C@H](OCc5c(-c6c(Cl)cccc6Cl)noc5C5CC5)C[C@H]4C3)cc12. The summed E-state index contributed by atoms with van der Waals surface area (Å²) in [5.74, 6) is 1.39. The Morgan fingerprint density at radius 3 is 2.55 bits per heavy atom. The van der Waals surface area contributed by atoms with Gasteiger partial charge in [0.1, 0.15) is 17.0 Å². The molecule has 38 heavy (non-hydrogen) atoms. The average molecular weight is 553 g/mol. The normalized spacial score (nSPS) is 22.9. The maximum atomic E-state index is 11.5. The van der Waals surface area contributed by atoms with Crippen LogP contribution >= 0.6 is 23.2 Å². The summed E-state index contributed by atoms with van der Waals surface area (Å²) in [4.78, 5) is 13.9. The number of hydrogen-bond acceptors (Lipinski definition) is 6. The fourth-order valence-electron chi connectivity index (χ4n) is 6.17. The Hall–Kier alpha value is -3.07. The zero-order valence-corrected chi connectivity index (χ0v) is 22.0.